The summed E-state index contributed by atoms with van der Waals surface area (Å²) in [5.41, 5.74) is 4.56. The predicted octanol–water partition coefficient (Wildman–Crippen LogP) is 9.33. The van der Waals surface area contributed by atoms with Crippen LogP contribution in [0.5, 0.6) is 0 Å². The minimum atomic E-state index is 1.19. The van der Waals surface area contributed by atoms with Crippen molar-refractivity contribution in [3.8, 4) is 0 Å². The highest BCUT2D eigenvalue weighted by atomic mass is 14.0. The molecule has 0 amide bonds. The van der Waals surface area contributed by atoms with Gasteiger partial charge in [0.05, 0.1) is 0 Å². The number of unbranched alkanes of at least 4 members (excludes halogenated alkanes) is 9. The quantitative estimate of drug-likeness (QED) is 0.193. The van der Waals surface area contributed by atoms with E-state index in [0.29, 0.717) is 0 Å². The number of hydrogen-bond donors (Lipinski definition) is 0. The Labute approximate surface area is 159 Å². The van der Waals surface area contributed by atoms with Crippen molar-refractivity contribution in [2.45, 2.75) is 125 Å². The molecule has 0 N–H and O–H groups in total. The molecular weight excluding hydrogens is 300 g/mol. The zero-order valence-corrected chi connectivity index (χ0v) is 18.1. The molecule has 0 spiro atoms. The molecule has 0 fully saturated rings. The molecular formula is C25H46. The first kappa shape index (κ1) is 24.2. The molecule has 0 aliphatic carbocycles. The molecule has 0 aromatic heterocycles. The van der Waals surface area contributed by atoms with Crippen LogP contribution in [0.2, 0.25) is 0 Å². The van der Waals surface area contributed by atoms with Gasteiger partial charge in [0.2, 0.25) is 0 Å². The molecule has 0 rings (SSSR count). The molecule has 0 nitrogen and oxygen atoms in total. The van der Waals surface area contributed by atoms with Gasteiger partial charge in [-0.25, -0.2) is 0 Å². The molecule has 0 aliphatic rings. The van der Waals surface area contributed by atoms with Crippen molar-refractivity contribution < 1.29 is 0 Å². The summed E-state index contributed by atoms with van der Waals surface area (Å²) in [6.07, 6.45) is 26.2. The average molecular weight is 347 g/mol. The smallest absolute Gasteiger partial charge is 0.0288 e. The molecule has 0 saturated carbocycles. The highest BCUT2D eigenvalue weighted by Gasteiger charge is 1.94. The van der Waals surface area contributed by atoms with Gasteiger partial charge in [0.15, 0.2) is 0 Å². The van der Waals surface area contributed by atoms with Gasteiger partial charge in [0, 0.05) is 0 Å². The molecule has 25 heavy (non-hydrogen) atoms. The molecule has 0 aliphatic heterocycles. The fraction of sp³-hybridized carbons (Fsp3) is 0.760. The summed E-state index contributed by atoms with van der Waals surface area (Å²) in [6, 6.07) is 0. The maximum Gasteiger partial charge on any atom is -0.0288 e. The summed E-state index contributed by atoms with van der Waals surface area (Å²) in [5.74, 6) is 0. The van der Waals surface area contributed by atoms with Crippen LogP contribution in [0.1, 0.15) is 125 Å². The topological polar surface area (TPSA) is 0 Å². The minimum absolute atomic E-state index is 1.19. The van der Waals surface area contributed by atoms with E-state index in [-0.39, 0.29) is 0 Å². The summed E-state index contributed by atoms with van der Waals surface area (Å²) in [5, 5.41) is 0. The number of allylic oxidation sites excluding steroid dienone is 6. The van der Waals surface area contributed by atoms with Crippen LogP contribution in [-0.4, -0.2) is 0 Å². The Kier molecular flexibility index (Phi) is 17.5. The Hall–Kier alpha value is -0.780. The molecule has 0 heteroatoms. The largest absolute Gasteiger partial charge is 0.0856 e. The molecule has 0 bridgehead atoms. The van der Waals surface area contributed by atoms with E-state index in [2.05, 4.69) is 52.8 Å². The Morgan fingerprint density at radius 1 is 0.520 bits per heavy atom. The van der Waals surface area contributed by atoms with E-state index in [1.165, 1.54) is 95.5 Å². The maximum absolute atomic E-state index is 2.48. The third kappa shape index (κ3) is 19.4. The van der Waals surface area contributed by atoms with Gasteiger partial charge >= 0.3 is 0 Å². The van der Waals surface area contributed by atoms with Crippen LogP contribution < -0.4 is 0 Å². The zero-order valence-electron chi connectivity index (χ0n) is 18.1. The van der Waals surface area contributed by atoms with E-state index in [0.717, 1.165) is 0 Å². The maximum atomic E-state index is 2.48. The first-order valence-electron chi connectivity index (χ1n) is 11.0. The summed E-state index contributed by atoms with van der Waals surface area (Å²) in [7, 11) is 0. The van der Waals surface area contributed by atoms with Gasteiger partial charge in [-0.1, -0.05) is 93.2 Å². The highest BCUT2D eigenvalue weighted by Crippen LogP contribution is 2.14. The van der Waals surface area contributed by atoms with Crippen LogP contribution >= 0.6 is 0 Å². The van der Waals surface area contributed by atoms with Crippen molar-refractivity contribution in [3.63, 3.8) is 0 Å². The van der Waals surface area contributed by atoms with Crippen LogP contribution in [-0.2, 0) is 0 Å². The fourth-order valence-electron chi connectivity index (χ4n) is 3.14. The van der Waals surface area contributed by atoms with Crippen molar-refractivity contribution in [3.05, 3.63) is 34.9 Å². The van der Waals surface area contributed by atoms with Crippen molar-refractivity contribution in [2.75, 3.05) is 0 Å². The number of hydrogen-bond acceptors (Lipinski definition) is 0. The summed E-state index contributed by atoms with van der Waals surface area (Å²) < 4.78 is 0. The molecule has 0 radical (unpaired) electrons. The monoisotopic (exact) mass is 346 g/mol. The van der Waals surface area contributed by atoms with Gasteiger partial charge in [-0.15, -0.1) is 0 Å². The zero-order chi connectivity index (χ0) is 18.8. The van der Waals surface area contributed by atoms with Gasteiger partial charge < -0.3 is 0 Å². The summed E-state index contributed by atoms with van der Waals surface area (Å²) >= 11 is 0. The van der Waals surface area contributed by atoms with Gasteiger partial charge in [0.1, 0.15) is 0 Å². The normalized spacial score (nSPS) is 12.5. The van der Waals surface area contributed by atoms with Gasteiger partial charge in [-0.3, -0.25) is 0 Å². The first-order chi connectivity index (χ1) is 12.1. The Morgan fingerprint density at radius 2 is 0.960 bits per heavy atom. The van der Waals surface area contributed by atoms with Gasteiger partial charge in [-0.05, 0) is 66.2 Å². The lowest BCUT2D eigenvalue weighted by Gasteiger charge is -2.03. The second kappa shape index (κ2) is 18.0. The molecule has 146 valence electrons. The standard InChI is InChI=1S/C25H46/c1-6-7-8-9-10-11-12-13-14-15-19-24(4)21-17-22-25(5)20-16-18-23(2)3/h18-19,22H,6-17,20-21H2,1-5H3. The van der Waals surface area contributed by atoms with E-state index in [4.69, 9.17) is 0 Å². The van der Waals surface area contributed by atoms with E-state index < -0.39 is 0 Å². The first-order valence-corrected chi connectivity index (χ1v) is 11.0. The highest BCUT2D eigenvalue weighted by molar-refractivity contribution is 5.05. The van der Waals surface area contributed by atoms with Crippen molar-refractivity contribution in [1.82, 2.24) is 0 Å². The molecule has 0 saturated heterocycles. The van der Waals surface area contributed by atoms with Crippen molar-refractivity contribution >= 4 is 0 Å². The lowest BCUT2D eigenvalue weighted by atomic mass is 10.0. The second-order valence-electron chi connectivity index (χ2n) is 8.08. The van der Waals surface area contributed by atoms with Gasteiger partial charge in [-0.2, -0.15) is 0 Å². The average Bonchev–Trinajstić information content (AvgIpc) is 2.56. The van der Waals surface area contributed by atoms with E-state index in [1.807, 2.05) is 0 Å². The Balaban J connectivity index is 3.57. The third-order valence-electron chi connectivity index (χ3n) is 4.92. The third-order valence-corrected chi connectivity index (χ3v) is 4.92. The second-order valence-corrected chi connectivity index (χ2v) is 8.08. The molecule has 0 atom stereocenters. The van der Waals surface area contributed by atoms with E-state index in [1.54, 1.807) is 11.1 Å². The molecule has 0 unspecified atom stereocenters. The van der Waals surface area contributed by atoms with Crippen LogP contribution in [0, 0.1) is 0 Å². The predicted molar refractivity (Wildman–Crippen MR) is 117 cm³/mol. The summed E-state index contributed by atoms with van der Waals surface area (Å²) in [4.78, 5) is 0. The minimum Gasteiger partial charge on any atom is -0.0856 e. The molecule has 0 heterocycles. The molecule has 0 aromatic rings. The lowest BCUT2D eigenvalue weighted by Crippen LogP contribution is -1.83. The SMILES string of the molecule is CCCCCCCCCCCC=C(C)CCC=C(C)CCC=C(C)C. The van der Waals surface area contributed by atoms with E-state index >= 15 is 0 Å². The van der Waals surface area contributed by atoms with E-state index in [9.17, 15) is 0 Å². The van der Waals surface area contributed by atoms with Crippen LogP contribution in [0.15, 0.2) is 34.9 Å². The Morgan fingerprint density at radius 3 is 1.48 bits per heavy atom. The van der Waals surface area contributed by atoms with Crippen LogP contribution in [0.4, 0.5) is 0 Å². The lowest BCUT2D eigenvalue weighted by molar-refractivity contribution is 0.566. The van der Waals surface area contributed by atoms with Crippen molar-refractivity contribution in [2.24, 2.45) is 0 Å². The number of rotatable bonds is 16. The van der Waals surface area contributed by atoms with Crippen LogP contribution in [0.3, 0.4) is 0 Å². The molecule has 0 aromatic carbocycles. The Bertz CT molecular complexity index is 377. The van der Waals surface area contributed by atoms with Gasteiger partial charge in [0.25, 0.3) is 0 Å². The van der Waals surface area contributed by atoms with Crippen LogP contribution in [0.25, 0.3) is 0 Å². The van der Waals surface area contributed by atoms with Crippen molar-refractivity contribution in [1.29, 1.82) is 0 Å². The fourth-order valence-corrected chi connectivity index (χ4v) is 3.14. The summed E-state index contributed by atoms with van der Waals surface area (Å²) in [6.45, 7) is 11.2.